The van der Waals surface area contributed by atoms with Crippen molar-refractivity contribution in [3.63, 3.8) is 0 Å². The molecule has 39 heavy (non-hydrogen) atoms. The number of carbonyl (C=O) groups is 2. The average molecular weight is 553 g/mol. The Bertz CT molecular complexity index is 1280. The Hall–Kier alpha value is -2.93. The van der Waals surface area contributed by atoms with Gasteiger partial charge in [-0.25, -0.2) is 9.59 Å². The summed E-state index contributed by atoms with van der Waals surface area (Å²) in [5.41, 5.74) is 5.28. The van der Waals surface area contributed by atoms with Crippen LogP contribution in [0.4, 0.5) is 0 Å². The van der Waals surface area contributed by atoms with Gasteiger partial charge in [0.25, 0.3) is 0 Å². The molecular weight excluding hydrogens is 512 g/mol. The van der Waals surface area contributed by atoms with Crippen molar-refractivity contribution in [3.05, 3.63) is 59.7 Å². The van der Waals surface area contributed by atoms with Crippen LogP contribution in [0.25, 0.3) is 33.0 Å². The molecule has 1 aliphatic rings. The van der Waals surface area contributed by atoms with Gasteiger partial charge in [0.1, 0.15) is 0 Å². The number of hydrogen-bond donors (Lipinski definition) is 0. The maximum Gasteiger partial charge on any atom is 0.338 e. The molecule has 0 unspecified atom stereocenters. The number of esters is 2. The van der Waals surface area contributed by atoms with Gasteiger partial charge in [0.15, 0.2) is 0 Å². The van der Waals surface area contributed by atoms with Crippen molar-refractivity contribution in [2.45, 2.75) is 40.5 Å². The molecule has 6 nitrogen and oxygen atoms in total. The van der Waals surface area contributed by atoms with Gasteiger partial charge in [0.05, 0.1) is 24.3 Å². The monoisotopic (exact) mass is 552 g/mol. The molecule has 0 saturated carbocycles. The van der Waals surface area contributed by atoms with E-state index >= 15 is 0 Å². The van der Waals surface area contributed by atoms with Gasteiger partial charge in [0.2, 0.25) is 0 Å². The van der Waals surface area contributed by atoms with Gasteiger partial charge in [-0.15, -0.1) is 12.4 Å². The third kappa shape index (κ3) is 6.81. The number of halogens is 1. The molecule has 0 amide bonds. The molecule has 0 fully saturated rings. The second-order valence-electron chi connectivity index (χ2n) is 9.68. The van der Waals surface area contributed by atoms with Crippen LogP contribution in [0.1, 0.15) is 61.3 Å². The van der Waals surface area contributed by atoms with E-state index in [0.717, 1.165) is 85.1 Å². The summed E-state index contributed by atoms with van der Waals surface area (Å²) in [5, 5.41) is 1.91. The average Bonchev–Trinajstić information content (AvgIpc) is 3.27. The minimum absolute atomic E-state index is 0. The van der Waals surface area contributed by atoms with E-state index in [9.17, 15) is 9.59 Å². The summed E-state index contributed by atoms with van der Waals surface area (Å²) in [4.78, 5) is 30.4. The van der Waals surface area contributed by atoms with Gasteiger partial charge < -0.3 is 19.3 Å². The van der Waals surface area contributed by atoms with Crippen LogP contribution in [-0.2, 0) is 9.47 Å². The fourth-order valence-electron chi connectivity index (χ4n) is 5.31. The maximum absolute atomic E-state index is 13.0. The van der Waals surface area contributed by atoms with Crippen molar-refractivity contribution in [1.29, 1.82) is 0 Å². The molecule has 0 atom stereocenters. The fourth-order valence-corrected chi connectivity index (χ4v) is 5.31. The number of fused-ring (bicyclic) bond motifs is 3. The van der Waals surface area contributed by atoms with E-state index in [4.69, 9.17) is 9.47 Å². The molecule has 210 valence electrons. The van der Waals surface area contributed by atoms with E-state index in [2.05, 4.69) is 43.6 Å². The number of nitrogens with zero attached hydrogens (tertiary/aromatic N) is 2. The first kappa shape index (κ1) is 30.6. The molecule has 3 aromatic carbocycles. The summed E-state index contributed by atoms with van der Waals surface area (Å²) in [6, 6.07) is 15.6. The van der Waals surface area contributed by atoms with Gasteiger partial charge in [-0.3, -0.25) is 0 Å². The van der Waals surface area contributed by atoms with Crippen LogP contribution in [0.5, 0.6) is 0 Å². The number of hydrogen-bond acceptors (Lipinski definition) is 6. The summed E-state index contributed by atoms with van der Waals surface area (Å²) in [7, 11) is 0. The van der Waals surface area contributed by atoms with E-state index in [1.54, 1.807) is 0 Å². The molecule has 0 N–H and O–H groups in total. The lowest BCUT2D eigenvalue weighted by Crippen LogP contribution is -2.25. The van der Waals surface area contributed by atoms with E-state index in [-0.39, 0.29) is 24.3 Å². The Labute approximate surface area is 238 Å². The van der Waals surface area contributed by atoms with Gasteiger partial charge in [-0.1, -0.05) is 58.0 Å². The van der Waals surface area contributed by atoms with Crippen molar-refractivity contribution >= 4 is 35.1 Å². The van der Waals surface area contributed by atoms with Crippen LogP contribution in [-0.4, -0.2) is 74.2 Å². The van der Waals surface area contributed by atoms with Crippen LogP contribution < -0.4 is 0 Å². The SMILES string of the molecule is CCN(CC)CCCOC(=O)c1ccc2c(c1)-c1ccc(C(=O)OCCCN(CC)CC)c3cccc-2c13.Cl. The molecule has 7 heteroatoms. The summed E-state index contributed by atoms with van der Waals surface area (Å²) in [5.74, 6) is -0.595. The van der Waals surface area contributed by atoms with Gasteiger partial charge in [-0.05, 0) is 90.2 Å². The smallest absolute Gasteiger partial charge is 0.338 e. The van der Waals surface area contributed by atoms with Crippen LogP contribution in [0.2, 0.25) is 0 Å². The normalized spacial score (nSPS) is 11.5. The van der Waals surface area contributed by atoms with Crippen molar-refractivity contribution in [3.8, 4) is 22.3 Å². The standard InChI is InChI=1S/C32H40N2O4.ClH/c1-5-33(6-2)18-10-20-37-31(35)23-14-15-24-25-12-9-13-26-28(17-16-27(30(25)26)29(24)22-23)32(36)38-21-11-19-34(7-3)8-4;/h9,12-17,22H,5-8,10-11,18-21H2,1-4H3;1H. The first-order valence-corrected chi connectivity index (χ1v) is 14.0. The van der Waals surface area contributed by atoms with Gasteiger partial charge >= 0.3 is 11.9 Å². The Kier molecular flexibility index (Phi) is 11.3. The number of rotatable bonds is 14. The highest BCUT2D eigenvalue weighted by Crippen LogP contribution is 2.48. The highest BCUT2D eigenvalue weighted by Gasteiger charge is 2.25. The van der Waals surface area contributed by atoms with E-state index in [1.807, 2.05) is 42.5 Å². The first-order chi connectivity index (χ1) is 18.5. The minimum atomic E-state index is -0.301. The number of ether oxygens (including phenoxy) is 2. The van der Waals surface area contributed by atoms with Crippen molar-refractivity contribution < 1.29 is 19.1 Å². The fraction of sp³-hybridized carbons (Fsp3) is 0.438. The summed E-state index contributed by atoms with van der Waals surface area (Å²) < 4.78 is 11.2. The summed E-state index contributed by atoms with van der Waals surface area (Å²) in [6.45, 7) is 15.2. The van der Waals surface area contributed by atoms with Crippen LogP contribution in [0.3, 0.4) is 0 Å². The Morgan fingerprint density at radius 2 is 1.23 bits per heavy atom. The highest BCUT2D eigenvalue weighted by molar-refractivity contribution is 6.20. The molecule has 0 saturated heterocycles. The molecular formula is C32H41ClN2O4. The zero-order valence-corrected chi connectivity index (χ0v) is 24.4. The van der Waals surface area contributed by atoms with Crippen molar-refractivity contribution in [1.82, 2.24) is 9.80 Å². The Balaban J connectivity index is 0.00000420. The quantitative estimate of drug-likeness (QED) is 0.128. The summed E-state index contributed by atoms with van der Waals surface area (Å²) >= 11 is 0. The van der Waals surface area contributed by atoms with E-state index < -0.39 is 0 Å². The molecule has 0 aromatic heterocycles. The zero-order chi connectivity index (χ0) is 27.1. The largest absolute Gasteiger partial charge is 0.462 e. The lowest BCUT2D eigenvalue weighted by molar-refractivity contribution is 0.0481. The molecule has 0 heterocycles. The highest BCUT2D eigenvalue weighted by atomic mass is 35.5. The van der Waals surface area contributed by atoms with Crippen molar-refractivity contribution in [2.75, 3.05) is 52.5 Å². The molecule has 0 bridgehead atoms. The number of carbonyl (C=O) groups excluding carboxylic acids is 2. The Morgan fingerprint density at radius 3 is 1.85 bits per heavy atom. The Morgan fingerprint density at radius 1 is 0.667 bits per heavy atom. The zero-order valence-electron chi connectivity index (χ0n) is 23.6. The van der Waals surface area contributed by atoms with E-state index in [1.165, 1.54) is 0 Å². The van der Waals surface area contributed by atoms with Crippen LogP contribution in [0.15, 0.2) is 48.5 Å². The molecule has 0 radical (unpaired) electrons. The van der Waals surface area contributed by atoms with E-state index in [0.29, 0.717) is 24.3 Å². The predicted octanol–water partition coefficient (Wildman–Crippen LogP) is 6.69. The lowest BCUT2D eigenvalue weighted by Gasteiger charge is -2.17. The third-order valence-electron chi connectivity index (χ3n) is 7.59. The maximum atomic E-state index is 13.0. The minimum Gasteiger partial charge on any atom is -0.462 e. The first-order valence-electron chi connectivity index (χ1n) is 14.0. The molecule has 0 spiro atoms. The topological polar surface area (TPSA) is 59.1 Å². The lowest BCUT2D eigenvalue weighted by atomic mass is 9.98. The predicted molar refractivity (Wildman–Crippen MR) is 161 cm³/mol. The second kappa shape index (κ2) is 14.5. The number of benzene rings is 3. The molecule has 3 aromatic rings. The van der Waals surface area contributed by atoms with Crippen molar-refractivity contribution in [2.24, 2.45) is 0 Å². The second-order valence-corrected chi connectivity index (χ2v) is 9.68. The third-order valence-corrected chi connectivity index (χ3v) is 7.59. The molecule has 1 aliphatic carbocycles. The summed E-state index contributed by atoms with van der Waals surface area (Å²) in [6.07, 6.45) is 1.63. The molecule has 0 aliphatic heterocycles. The van der Waals surface area contributed by atoms with Crippen LogP contribution >= 0.6 is 12.4 Å². The van der Waals surface area contributed by atoms with Crippen LogP contribution in [0, 0.1) is 0 Å². The van der Waals surface area contributed by atoms with Gasteiger partial charge in [0, 0.05) is 13.1 Å². The molecule has 4 rings (SSSR count). The van der Waals surface area contributed by atoms with Gasteiger partial charge in [-0.2, -0.15) is 0 Å².